The first-order valence-electron chi connectivity index (χ1n) is 5.88. The standard InChI is InChI=1S/C12H25N/c1-10(2)5-4-6-11-7-8-12(11)9-13-3/h10-13H,4-9H2,1-3H3. The second-order valence-corrected chi connectivity index (χ2v) is 4.98. The van der Waals surface area contributed by atoms with Gasteiger partial charge in [-0.3, -0.25) is 0 Å². The monoisotopic (exact) mass is 183 g/mol. The van der Waals surface area contributed by atoms with Crippen molar-refractivity contribution in [1.82, 2.24) is 5.32 Å². The third-order valence-electron chi connectivity index (χ3n) is 3.40. The van der Waals surface area contributed by atoms with Gasteiger partial charge in [0, 0.05) is 0 Å². The van der Waals surface area contributed by atoms with Crippen LogP contribution in [0.25, 0.3) is 0 Å². The highest BCUT2D eigenvalue weighted by Gasteiger charge is 2.29. The Labute approximate surface area is 83.3 Å². The van der Waals surface area contributed by atoms with Crippen LogP contribution in [0.3, 0.4) is 0 Å². The Balaban J connectivity index is 2.02. The number of nitrogens with one attached hydrogen (secondary N) is 1. The number of rotatable bonds is 6. The van der Waals surface area contributed by atoms with Crippen molar-refractivity contribution >= 4 is 0 Å². The lowest BCUT2D eigenvalue weighted by Crippen LogP contribution is -2.33. The third-order valence-corrected chi connectivity index (χ3v) is 3.40. The van der Waals surface area contributed by atoms with Crippen molar-refractivity contribution in [2.45, 2.75) is 46.0 Å². The van der Waals surface area contributed by atoms with E-state index in [0.29, 0.717) is 0 Å². The Morgan fingerprint density at radius 2 is 1.92 bits per heavy atom. The Bertz CT molecular complexity index is 131. The molecule has 1 N–H and O–H groups in total. The molecule has 0 spiro atoms. The van der Waals surface area contributed by atoms with E-state index in [0.717, 1.165) is 17.8 Å². The van der Waals surface area contributed by atoms with Crippen molar-refractivity contribution in [2.24, 2.45) is 17.8 Å². The molecule has 1 nitrogen and oxygen atoms in total. The van der Waals surface area contributed by atoms with Gasteiger partial charge in [0.05, 0.1) is 0 Å². The maximum Gasteiger partial charge on any atom is -0.00209 e. The first-order valence-corrected chi connectivity index (χ1v) is 5.88. The Morgan fingerprint density at radius 3 is 2.38 bits per heavy atom. The highest BCUT2D eigenvalue weighted by atomic mass is 14.8. The zero-order chi connectivity index (χ0) is 9.68. The van der Waals surface area contributed by atoms with Crippen molar-refractivity contribution in [3.8, 4) is 0 Å². The van der Waals surface area contributed by atoms with Crippen molar-refractivity contribution in [1.29, 1.82) is 0 Å². The van der Waals surface area contributed by atoms with Crippen molar-refractivity contribution in [2.75, 3.05) is 13.6 Å². The molecular weight excluding hydrogens is 158 g/mol. The van der Waals surface area contributed by atoms with Gasteiger partial charge in [0.15, 0.2) is 0 Å². The van der Waals surface area contributed by atoms with Crippen molar-refractivity contribution in [3.05, 3.63) is 0 Å². The number of hydrogen-bond acceptors (Lipinski definition) is 1. The molecule has 0 amide bonds. The van der Waals surface area contributed by atoms with E-state index in [1.807, 2.05) is 0 Å². The summed E-state index contributed by atoms with van der Waals surface area (Å²) in [5.41, 5.74) is 0. The summed E-state index contributed by atoms with van der Waals surface area (Å²) in [4.78, 5) is 0. The van der Waals surface area contributed by atoms with E-state index in [1.54, 1.807) is 0 Å². The molecule has 0 saturated heterocycles. The number of hydrogen-bond donors (Lipinski definition) is 1. The first-order chi connectivity index (χ1) is 6.24. The molecule has 2 unspecified atom stereocenters. The van der Waals surface area contributed by atoms with E-state index in [-0.39, 0.29) is 0 Å². The summed E-state index contributed by atoms with van der Waals surface area (Å²) in [7, 11) is 2.07. The largest absolute Gasteiger partial charge is 0.319 e. The normalized spacial score (nSPS) is 27.7. The predicted octanol–water partition coefficient (Wildman–Crippen LogP) is 3.06. The fraction of sp³-hybridized carbons (Fsp3) is 1.00. The van der Waals surface area contributed by atoms with Gasteiger partial charge in [-0.2, -0.15) is 0 Å². The van der Waals surface area contributed by atoms with Crippen LogP contribution in [-0.2, 0) is 0 Å². The molecule has 1 aliphatic carbocycles. The summed E-state index contributed by atoms with van der Waals surface area (Å²) >= 11 is 0. The van der Waals surface area contributed by atoms with E-state index in [9.17, 15) is 0 Å². The minimum Gasteiger partial charge on any atom is -0.319 e. The van der Waals surface area contributed by atoms with Gasteiger partial charge in [0.2, 0.25) is 0 Å². The van der Waals surface area contributed by atoms with Crippen LogP contribution >= 0.6 is 0 Å². The van der Waals surface area contributed by atoms with Gasteiger partial charge < -0.3 is 5.32 Å². The van der Waals surface area contributed by atoms with Crippen LogP contribution in [0.5, 0.6) is 0 Å². The lowest BCUT2D eigenvalue weighted by molar-refractivity contribution is 0.157. The summed E-state index contributed by atoms with van der Waals surface area (Å²) in [5, 5.41) is 3.30. The van der Waals surface area contributed by atoms with Crippen molar-refractivity contribution in [3.63, 3.8) is 0 Å². The molecule has 0 aromatic carbocycles. The average Bonchev–Trinajstić information content (AvgIpc) is 2.06. The quantitative estimate of drug-likeness (QED) is 0.667. The van der Waals surface area contributed by atoms with E-state index < -0.39 is 0 Å². The third kappa shape index (κ3) is 3.68. The summed E-state index contributed by atoms with van der Waals surface area (Å²) in [6.45, 7) is 5.89. The summed E-state index contributed by atoms with van der Waals surface area (Å²) in [5.74, 6) is 2.94. The van der Waals surface area contributed by atoms with Gasteiger partial charge in [0.25, 0.3) is 0 Å². The van der Waals surface area contributed by atoms with Gasteiger partial charge in [0.1, 0.15) is 0 Å². The zero-order valence-electron chi connectivity index (χ0n) is 9.47. The van der Waals surface area contributed by atoms with Crippen molar-refractivity contribution < 1.29 is 0 Å². The van der Waals surface area contributed by atoms with Crippen LogP contribution < -0.4 is 5.32 Å². The Hall–Kier alpha value is -0.0400. The molecule has 0 aliphatic heterocycles. The van der Waals surface area contributed by atoms with Crippen LogP contribution in [0.2, 0.25) is 0 Å². The molecular formula is C12H25N. The van der Waals surface area contributed by atoms with Gasteiger partial charge in [-0.25, -0.2) is 0 Å². The molecule has 2 atom stereocenters. The minimum atomic E-state index is 0.892. The molecule has 1 heteroatoms. The van der Waals surface area contributed by atoms with Gasteiger partial charge in [-0.15, -0.1) is 0 Å². The predicted molar refractivity (Wildman–Crippen MR) is 58.8 cm³/mol. The highest BCUT2D eigenvalue weighted by Crippen LogP contribution is 2.37. The molecule has 1 aliphatic rings. The molecule has 0 bridgehead atoms. The SMILES string of the molecule is CNCC1CCC1CCCC(C)C. The second kappa shape index (κ2) is 5.64. The van der Waals surface area contributed by atoms with Gasteiger partial charge in [-0.05, 0) is 44.2 Å². The second-order valence-electron chi connectivity index (χ2n) is 4.98. The lowest BCUT2D eigenvalue weighted by atomic mass is 9.71. The topological polar surface area (TPSA) is 12.0 Å². The van der Waals surface area contributed by atoms with Crippen LogP contribution in [-0.4, -0.2) is 13.6 Å². The van der Waals surface area contributed by atoms with E-state index >= 15 is 0 Å². The summed E-state index contributed by atoms with van der Waals surface area (Å²) in [6, 6.07) is 0. The Morgan fingerprint density at radius 1 is 1.23 bits per heavy atom. The molecule has 1 fully saturated rings. The fourth-order valence-corrected chi connectivity index (χ4v) is 2.34. The lowest BCUT2D eigenvalue weighted by Gasteiger charge is -2.37. The Kier molecular flexibility index (Phi) is 4.79. The van der Waals surface area contributed by atoms with Crippen LogP contribution in [0.15, 0.2) is 0 Å². The summed E-state index contributed by atoms with van der Waals surface area (Å²) < 4.78 is 0. The average molecular weight is 183 g/mol. The molecule has 0 heterocycles. The molecule has 78 valence electrons. The van der Waals surface area contributed by atoms with Crippen LogP contribution in [0.4, 0.5) is 0 Å². The maximum absolute atomic E-state index is 3.30. The molecule has 0 radical (unpaired) electrons. The van der Waals surface area contributed by atoms with Crippen LogP contribution in [0.1, 0.15) is 46.0 Å². The minimum absolute atomic E-state index is 0.892. The van der Waals surface area contributed by atoms with E-state index in [1.165, 1.54) is 38.6 Å². The van der Waals surface area contributed by atoms with E-state index in [2.05, 4.69) is 26.2 Å². The highest BCUT2D eigenvalue weighted by molar-refractivity contribution is 4.81. The zero-order valence-corrected chi connectivity index (χ0v) is 9.47. The molecule has 0 aromatic heterocycles. The first kappa shape index (κ1) is 11.0. The van der Waals surface area contributed by atoms with Crippen LogP contribution in [0, 0.1) is 17.8 Å². The van der Waals surface area contributed by atoms with Gasteiger partial charge in [-0.1, -0.05) is 33.1 Å². The molecule has 1 rings (SSSR count). The molecule has 0 aromatic rings. The fourth-order valence-electron chi connectivity index (χ4n) is 2.34. The van der Waals surface area contributed by atoms with Gasteiger partial charge >= 0.3 is 0 Å². The smallest absolute Gasteiger partial charge is 0.00209 e. The maximum atomic E-state index is 3.30. The molecule has 1 saturated carbocycles. The van der Waals surface area contributed by atoms with E-state index in [4.69, 9.17) is 0 Å². The molecule has 13 heavy (non-hydrogen) atoms. The summed E-state index contributed by atoms with van der Waals surface area (Å²) in [6.07, 6.45) is 7.30.